The highest BCUT2D eigenvalue weighted by Crippen LogP contribution is 2.12. The van der Waals surface area contributed by atoms with Crippen LogP contribution in [0.15, 0.2) is 11.8 Å². The second-order valence-corrected chi connectivity index (χ2v) is 2.71. The first-order chi connectivity index (χ1) is 5.33. The third-order valence-corrected chi connectivity index (χ3v) is 1.83. The lowest BCUT2D eigenvalue weighted by atomic mass is 10.1. The van der Waals surface area contributed by atoms with E-state index in [2.05, 4.69) is 24.9 Å². The second kappa shape index (κ2) is 6.26. The van der Waals surface area contributed by atoms with Crippen LogP contribution in [0.5, 0.6) is 0 Å². The minimum Gasteiger partial charge on any atom is -0.378 e. The maximum absolute atomic E-state index is 2.37. The molecule has 1 rings (SSSR count). The summed E-state index contributed by atoms with van der Waals surface area (Å²) in [4.78, 5) is 2.37. The van der Waals surface area contributed by atoms with Crippen LogP contribution < -0.4 is 0 Å². The molecule has 1 heteroatoms. The van der Waals surface area contributed by atoms with Gasteiger partial charge in [-0.05, 0) is 32.9 Å². The average Bonchev–Trinajstić information content (AvgIpc) is 2.08. The summed E-state index contributed by atoms with van der Waals surface area (Å²) in [6.45, 7) is 10.8. The average molecular weight is 155 g/mol. The van der Waals surface area contributed by atoms with Crippen LogP contribution in [0.2, 0.25) is 0 Å². The summed E-state index contributed by atoms with van der Waals surface area (Å²) in [7, 11) is 0. The maximum Gasteiger partial charge on any atom is 0.0175 e. The molecule has 1 nitrogen and oxygen atoms in total. The van der Waals surface area contributed by atoms with E-state index < -0.39 is 0 Å². The molecule has 1 heterocycles. The first-order valence-electron chi connectivity index (χ1n) is 4.74. The van der Waals surface area contributed by atoms with Crippen LogP contribution in [0.1, 0.15) is 40.5 Å². The lowest BCUT2D eigenvalue weighted by Crippen LogP contribution is -2.21. The van der Waals surface area contributed by atoms with Crippen molar-refractivity contribution in [1.82, 2.24) is 4.90 Å². The number of rotatable bonds is 1. The molecule has 0 spiro atoms. The van der Waals surface area contributed by atoms with E-state index in [0.717, 1.165) is 6.54 Å². The smallest absolute Gasteiger partial charge is 0.0175 e. The van der Waals surface area contributed by atoms with Gasteiger partial charge in [0, 0.05) is 13.1 Å². The van der Waals surface area contributed by atoms with Gasteiger partial charge in [0.25, 0.3) is 0 Å². The van der Waals surface area contributed by atoms with E-state index in [1.165, 1.54) is 25.0 Å². The van der Waals surface area contributed by atoms with Crippen molar-refractivity contribution in [3.63, 3.8) is 0 Å². The molecule has 1 aliphatic rings. The maximum atomic E-state index is 2.37. The Morgan fingerprint density at radius 2 is 2.09 bits per heavy atom. The Morgan fingerprint density at radius 1 is 1.45 bits per heavy atom. The Morgan fingerprint density at radius 3 is 2.45 bits per heavy atom. The summed E-state index contributed by atoms with van der Waals surface area (Å²) in [5, 5.41) is 0. The molecular formula is C10H21N. The summed E-state index contributed by atoms with van der Waals surface area (Å²) in [6.07, 6.45) is 4.93. The first kappa shape index (κ1) is 10.5. The van der Waals surface area contributed by atoms with E-state index in [-0.39, 0.29) is 0 Å². The van der Waals surface area contributed by atoms with Crippen LogP contribution in [0.4, 0.5) is 0 Å². The predicted molar refractivity (Wildman–Crippen MR) is 51.6 cm³/mol. The zero-order valence-corrected chi connectivity index (χ0v) is 8.35. The highest BCUT2D eigenvalue weighted by atomic mass is 15.1. The minimum absolute atomic E-state index is 1.16. The number of allylic oxidation sites excluding steroid dienone is 1. The molecule has 0 aromatic rings. The fraction of sp³-hybridized carbons (Fsp3) is 0.800. The van der Waals surface area contributed by atoms with E-state index in [1.807, 2.05) is 13.8 Å². The minimum atomic E-state index is 1.16. The third-order valence-electron chi connectivity index (χ3n) is 1.83. The number of nitrogens with zero attached hydrogens (tertiary/aromatic N) is 1. The summed E-state index contributed by atoms with van der Waals surface area (Å²) in [5.74, 6) is 0. The Kier molecular flexibility index (Phi) is 6.00. The molecule has 0 unspecified atom stereocenters. The van der Waals surface area contributed by atoms with Crippen molar-refractivity contribution in [3.05, 3.63) is 11.8 Å². The Bertz CT molecular complexity index is 116. The standard InChI is InChI=1S/C8H15N.C2H6/c1-3-9-6-4-5-8(2)7-9;1-2/h7H,3-6H2,1-2H3;1-2H3. The van der Waals surface area contributed by atoms with Gasteiger partial charge in [-0.25, -0.2) is 0 Å². The molecule has 0 fully saturated rings. The largest absolute Gasteiger partial charge is 0.378 e. The molecule has 0 aliphatic carbocycles. The zero-order chi connectivity index (χ0) is 8.69. The van der Waals surface area contributed by atoms with Gasteiger partial charge in [0.1, 0.15) is 0 Å². The Labute approximate surface area is 71.1 Å². The molecular weight excluding hydrogens is 134 g/mol. The molecule has 11 heavy (non-hydrogen) atoms. The lowest BCUT2D eigenvalue weighted by molar-refractivity contribution is 0.366. The summed E-state index contributed by atoms with van der Waals surface area (Å²) in [6, 6.07) is 0. The van der Waals surface area contributed by atoms with E-state index in [0.29, 0.717) is 0 Å². The molecule has 0 amide bonds. The van der Waals surface area contributed by atoms with Crippen LogP contribution >= 0.6 is 0 Å². The van der Waals surface area contributed by atoms with Gasteiger partial charge >= 0.3 is 0 Å². The Balaban J connectivity index is 0.000000461. The van der Waals surface area contributed by atoms with Gasteiger partial charge in [0.05, 0.1) is 0 Å². The molecule has 0 N–H and O–H groups in total. The van der Waals surface area contributed by atoms with E-state index >= 15 is 0 Å². The summed E-state index contributed by atoms with van der Waals surface area (Å²) in [5.41, 5.74) is 1.53. The molecule has 0 aromatic heterocycles. The molecule has 66 valence electrons. The van der Waals surface area contributed by atoms with Crippen molar-refractivity contribution in [2.24, 2.45) is 0 Å². The van der Waals surface area contributed by atoms with Crippen LogP contribution in [-0.2, 0) is 0 Å². The van der Waals surface area contributed by atoms with E-state index in [4.69, 9.17) is 0 Å². The summed E-state index contributed by atoms with van der Waals surface area (Å²) >= 11 is 0. The van der Waals surface area contributed by atoms with Gasteiger partial charge in [0.2, 0.25) is 0 Å². The van der Waals surface area contributed by atoms with Crippen molar-refractivity contribution >= 4 is 0 Å². The van der Waals surface area contributed by atoms with Crippen LogP contribution in [-0.4, -0.2) is 18.0 Å². The van der Waals surface area contributed by atoms with Crippen molar-refractivity contribution in [3.8, 4) is 0 Å². The lowest BCUT2D eigenvalue weighted by Gasteiger charge is -2.23. The van der Waals surface area contributed by atoms with Crippen molar-refractivity contribution in [2.45, 2.75) is 40.5 Å². The van der Waals surface area contributed by atoms with E-state index in [9.17, 15) is 0 Å². The third kappa shape index (κ3) is 4.07. The van der Waals surface area contributed by atoms with Gasteiger partial charge in [-0.1, -0.05) is 19.4 Å². The first-order valence-corrected chi connectivity index (χ1v) is 4.74. The molecule has 1 aliphatic heterocycles. The van der Waals surface area contributed by atoms with Crippen LogP contribution in [0.25, 0.3) is 0 Å². The van der Waals surface area contributed by atoms with Crippen LogP contribution in [0, 0.1) is 0 Å². The fourth-order valence-electron chi connectivity index (χ4n) is 1.25. The fourth-order valence-corrected chi connectivity index (χ4v) is 1.25. The zero-order valence-electron chi connectivity index (χ0n) is 8.35. The Hall–Kier alpha value is -0.460. The highest BCUT2D eigenvalue weighted by molar-refractivity contribution is 5.00. The van der Waals surface area contributed by atoms with Gasteiger partial charge in [-0.2, -0.15) is 0 Å². The monoisotopic (exact) mass is 155 g/mol. The number of hydrogen-bond acceptors (Lipinski definition) is 1. The molecule has 0 saturated heterocycles. The summed E-state index contributed by atoms with van der Waals surface area (Å²) < 4.78 is 0. The van der Waals surface area contributed by atoms with Crippen molar-refractivity contribution < 1.29 is 0 Å². The van der Waals surface area contributed by atoms with Gasteiger partial charge in [-0.15, -0.1) is 0 Å². The molecule has 0 atom stereocenters. The SMILES string of the molecule is CC.CCN1C=C(C)CCC1. The van der Waals surface area contributed by atoms with E-state index in [1.54, 1.807) is 0 Å². The normalized spacial score (nSPS) is 16.7. The highest BCUT2D eigenvalue weighted by Gasteiger charge is 2.03. The number of hydrogen-bond donors (Lipinski definition) is 0. The predicted octanol–water partition coefficient (Wildman–Crippen LogP) is 3.03. The van der Waals surface area contributed by atoms with Crippen molar-refractivity contribution in [1.29, 1.82) is 0 Å². The van der Waals surface area contributed by atoms with Gasteiger partial charge in [-0.3, -0.25) is 0 Å². The molecule has 0 radical (unpaired) electrons. The quantitative estimate of drug-likeness (QED) is 0.562. The van der Waals surface area contributed by atoms with Gasteiger partial charge in [0.15, 0.2) is 0 Å². The van der Waals surface area contributed by atoms with Crippen molar-refractivity contribution in [2.75, 3.05) is 13.1 Å². The van der Waals surface area contributed by atoms with Gasteiger partial charge < -0.3 is 4.90 Å². The molecule has 0 aromatic carbocycles. The molecule has 0 saturated carbocycles. The topological polar surface area (TPSA) is 3.24 Å². The second-order valence-electron chi connectivity index (χ2n) is 2.71. The van der Waals surface area contributed by atoms with Crippen LogP contribution in [0.3, 0.4) is 0 Å². The molecule has 0 bridgehead atoms.